The number of unbranched alkanes of at least 4 members (excludes halogenated alkanes) is 2. The SMILES string of the molecule is Br.CCCNCCCCCc1ccc(OC)c(OC)c1. The zero-order chi connectivity index (χ0) is 13.9. The van der Waals surface area contributed by atoms with Crippen molar-refractivity contribution in [2.45, 2.75) is 39.0 Å². The number of halogens is 1. The largest absolute Gasteiger partial charge is 0.493 e. The summed E-state index contributed by atoms with van der Waals surface area (Å²) >= 11 is 0. The highest BCUT2D eigenvalue weighted by Crippen LogP contribution is 2.28. The zero-order valence-corrected chi connectivity index (χ0v) is 14.6. The fraction of sp³-hybridized carbons (Fsp3) is 0.625. The second-order valence-corrected chi connectivity index (χ2v) is 4.75. The summed E-state index contributed by atoms with van der Waals surface area (Å²) in [6.45, 7) is 4.47. The van der Waals surface area contributed by atoms with Crippen molar-refractivity contribution in [2.75, 3.05) is 27.3 Å². The Morgan fingerprint density at radius 2 is 1.70 bits per heavy atom. The lowest BCUT2D eigenvalue weighted by Crippen LogP contribution is -2.15. The van der Waals surface area contributed by atoms with Crippen molar-refractivity contribution < 1.29 is 9.47 Å². The standard InChI is InChI=1S/C16H27NO2.BrH/c1-4-11-17-12-7-5-6-8-14-9-10-15(18-2)16(13-14)19-3;/h9-10,13,17H,4-8,11-12H2,1-3H3;1H. The van der Waals surface area contributed by atoms with Gasteiger partial charge in [0.2, 0.25) is 0 Å². The molecule has 0 radical (unpaired) electrons. The number of ether oxygens (including phenoxy) is 2. The average molecular weight is 346 g/mol. The monoisotopic (exact) mass is 345 g/mol. The lowest BCUT2D eigenvalue weighted by atomic mass is 10.1. The van der Waals surface area contributed by atoms with Gasteiger partial charge in [0, 0.05) is 0 Å². The van der Waals surface area contributed by atoms with Crippen molar-refractivity contribution in [1.82, 2.24) is 5.32 Å². The van der Waals surface area contributed by atoms with Gasteiger partial charge in [-0.05, 0) is 56.5 Å². The first-order valence-electron chi connectivity index (χ1n) is 7.23. The highest BCUT2D eigenvalue weighted by molar-refractivity contribution is 8.93. The van der Waals surface area contributed by atoms with Gasteiger partial charge in [0.25, 0.3) is 0 Å². The predicted octanol–water partition coefficient (Wildman–Crippen LogP) is 3.99. The molecule has 0 aliphatic rings. The van der Waals surface area contributed by atoms with Crippen LogP contribution in [0, 0.1) is 0 Å². The molecular weight excluding hydrogens is 318 g/mol. The summed E-state index contributed by atoms with van der Waals surface area (Å²) in [7, 11) is 3.35. The molecule has 1 aromatic carbocycles. The van der Waals surface area contributed by atoms with Gasteiger partial charge in [0.1, 0.15) is 0 Å². The maximum atomic E-state index is 5.31. The highest BCUT2D eigenvalue weighted by atomic mass is 79.9. The number of methoxy groups -OCH3 is 2. The van der Waals surface area contributed by atoms with E-state index in [2.05, 4.69) is 24.4 Å². The molecule has 0 aliphatic carbocycles. The normalized spacial score (nSPS) is 9.95. The first kappa shape index (κ1) is 19.3. The molecule has 0 aromatic heterocycles. The van der Waals surface area contributed by atoms with E-state index in [4.69, 9.17) is 9.47 Å². The van der Waals surface area contributed by atoms with Crippen molar-refractivity contribution in [1.29, 1.82) is 0 Å². The number of benzene rings is 1. The minimum Gasteiger partial charge on any atom is -0.493 e. The van der Waals surface area contributed by atoms with Gasteiger partial charge in [-0.1, -0.05) is 19.4 Å². The molecule has 0 spiro atoms. The van der Waals surface area contributed by atoms with Crippen LogP contribution >= 0.6 is 17.0 Å². The van der Waals surface area contributed by atoms with Crippen LogP contribution in [0.3, 0.4) is 0 Å². The topological polar surface area (TPSA) is 30.5 Å². The maximum absolute atomic E-state index is 5.31. The Hall–Kier alpha value is -0.740. The minimum atomic E-state index is 0. The number of aryl methyl sites for hydroxylation is 1. The molecule has 0 atom stereocenters. The van der Waals surface area contributed by atoms with Gasteiger partial charge in [0.15, 0.2) is 11.5 Å². The number of hydrogen-bond donors (Lipinski definition) is 1. The molecule has 116 valence electrons. The van der Waals surface area contributed by atoms with E-state index in [0.29, 0.717) is 0 Å². The summed E-state index contributed by atoms with van der Waals surface area (Å²) in [6, 6.07) is 6.18. The third-order valence-corrected chi connectivity index (χ3v) is 3.19. The van der Waals surface area contributed by atoms with Crippen molar-refractivity contribution in [2.24, 2.45) is 0 Å². The van der Waals surface area contributed by atoms with E-state index in [1.807, 2.05) is 6.07 Å². The van der Waals surface area contributed by atoms with Crippen LogP contribution in [0.4, 0.5) is 0 Å². The van der Waals surface area contributed by atoms with Crippen molar-refractivity contribution in [3.05, 3.63) is 23.8 Å². The molecule has 20 heavy (non-hydrogen) atoms. The Morgan fingerprint density at radius 3 is 2.35 bits per heavy atom. The summed E-state index contributed by atoms with van der Waals surface area (Å²) < 4.78 is 10.6. The summed E-state index contributed by atoms with van der Waals surface area (Å²) in [4.78, 5) is 0. The van der Waals surface area contributed by atoms with E-state index in [1.165, 1.54) is 31.2 Å². The van der Waals surface area contributed by atoms with Gasteiger partial charge in [-0.25, -0.2) is 0 Å². The molecular formula is C16H28BrNO2. The van der Waals surface area contributed by atoms with Crippen molar-refractivity contribution >= 4 is 17.0 Å². The molecule has 0 saturated heterocycles. The molecule has 0 fully saturated rings. The van der Waals surface area contributed by atoms with Crippen molar-refractivity contribution in [3.8, 4) is 11.5 Å². The third-order valence-electron chi connectivity index (χ3n) is 3.19. The fourth-order valence-electron chi connectivity index (χ4n) is 2.09. The Labute approximate surface area is 133 Å². The molecule has 3 nitrogen and oxygen atoms in total. The van der Waals surface area contributed by atoms with E-state index in [-0.39, 0.29) is 17.0 Å². The van der Waals surface area contributed by atoms with Crippen LogP contribution in [0.15, 0.2) is 18.2 Å². The van der Waals surface area contributed by atoms with Crippen LogP contribution in [0.25, 0.3) is 0 Å². The first-order valence-corrected chi connectivity index (χ1v) is 7.23. The molecule has 0 heterocycles. The van der Waals surface area contributed by atoms with Gasteiger partial charge in [0.05, 0.1) is 14.2 Å². The third kappa shape index (κ3) is 7.15. The van der Waals surface area contributed by atoms with Crippen LogP contribution in [0.5, 0.6) is 11.5 Å². The van der Waals surface area contributed by atoms with E-state index >= 15 is 0 Å². The Kier molecular flexibility index (Phi) is 11.6. The molecule has 0 aliphatic heterocycles. The lowest BCUT2D eigenvalue weighted by Gasteiger charge is -2.09. The Morgan fingerprint density at radius 1 is 0.950 bits per heavy atom. The van der Waals surface area contributed by atoms with E-state index < -0.39 is 0 Å². The molecule has 0 bridgehead atoms. The van der Waals surface area contributed by atoms with Crippen LogP contribution in [0.1, 0.15) is 38.2 Å². The highest BCUT2D eigenvalue weighted by Gasteiger charge is 2.04. The number of rotatable bonds is 10. The average Bonchev–Trinajstić information content (AvgIpc) is 2.46. The van der Waals surface area contributed by atoms with E-state index in [1.54, 1.807) is 14.2 Å². The van der Waals surface area contributed by atoms with Crippen molar-refractivity contribution in [3.63, 3.8) is 0 Å². The predicted molar refractivity (Wildman–Crippen MR) is 90.6 cm³/mol. The summed E-state index contributed by atoms with van der Waals surface area (Å²) in [5, 5.41) is 3.43. The smallest absolute Gasteiger partial charge is 0.160 e. The first-order chi connectivity index (χ1) is 9.31. The molecule has 1 N–H and O–H groups in total. The number of hydrogen-bond acceptors (Lipinski definition) is 3. The van der Waals surface area contributed by atoms with Gasteiger partial charge in [-0.2, -0.15) is 0 Å². The quantitative estimate of drug-likeness (QED) is 0.650. The second kappa shape index (κ2) is 12.0. The summed E-state index contributed by atoms with van der Waals surface area (Å²) in [5.74, 6) is 1.62. The fourth-order valence-corrected chi connectivity index (χ4v) is 2.09. The van der Waals surface area contributed by atoms with Crippen LogP contribution < -0.4 is 14.8 Å². The van der Waals surface area contributed by atoms with Gasteiger partial charge >= 0.3 is 0 Å². The van der Waals surface area contributed by atoms with Gasteiger partial charge in [-0.15, -0.1) is 17.0 Å². The van der Waals surface area contributed by atoms with Gasteiger partial charge < -0.3 is 14.8 Å². The molecule has 0 unspecified atom stereocenters. The van der Waals surface area contributed by atoms with Crippen LogP contribution in [-0.2, 0) is 6.42 Å². The Balaban J connectivity index is 0.00000361. The van der Waals surface area contributed by atoms with Crippen LogP contribution in [-0.4, -0.2) is 27.3 Å². The maximum Gasteiger partial charge on any atom is 0.160 e. The number of nitrogens with one attached hydrogen (secondary N) is 1. The summed E-state index contributed by atoms with van der Waals surface area (Å²) in [5.41, 5.74) is 1.32. The lowest BCUT2D eigenvalue weighted by molar-refractivity contribution is 0.354. The Bertz CT molecular complexity index is 358. The minimum absolute atomic E-state index is 0. The van der Waals surface area contributed by atoms with Gasteiger partial charge in [-0.3, -0.25) is 0 Å². The molecule has 1 aromatic rings. The summed E-state index contributed by atoms with van der Waals surface area (Å²) in [6.07, 6.45) is 6.07. The molecule has 0 saturated carbocycles. The molecule has 4 heteroatoms. The van der Waals surface area contributed by atoms with E-state index in [9.17, 15) is 0 Å². The van der Waals surface area contributed by atoms with Crippen LogP contribution in [0.2, 0.25) is 0 Å². The second-order valence-electron chi connectivity index (χ2n) is 4.75. The zero-order valence-electron chi connectivity index (χ0n) is 12.9. The molecule has 1 rings (SSSR count). The molecule has 0 amide bonds. The van der Waals surface area contributed by atoms with E-state index in [0.717, 1.165) is 31.0 Å².